The first-order valence-electron chi connectivity index (χ1n) is 21.5. The van der Waals surface area contributed by atoms with Gasteiger partial charge in [0.15, 0.2) is 0 Å². The van der Waals surface area contributed by atoms with Crippen LogP contribution < -0.4 is 4.90 Å². The number of hydrogen-bond acceptors (Lipinski definition) is 2. The van der Waals surface area contributed by atoms with Gasteiger partial charge in [-0.05, 0) is 100 Å². The van der Waals surface area contributed by atoms with E-state index in [-0.39, 0.29) is 0 Å². The highest BCUT2D eigenvalue weighted by atomic mass is 16.3. The van der Waals surface area contributed by atoms with Crippen LogP contribution in [0.25, 0.3) is 93.9 Å². The molecule has 3 heteroatoms. The van der Waals surface area contributed by atoms with Crippen LogP contribution in [0, 0.1) is 0 Å². The second kappa shape index (κ2) is 15.3. The lowest BCUT2D eigenvalue weighted by molar-refractivity contribution is 0.670. The van der Waals surface area contributed by atoms with Gasteiger partial charge in [0.1, 0.15) is 11.2 Å². The van der Waals surface area contributed by atoms with E-state index in [2.05, 4.69) is 252 Å². The molecule has 0 saturated carbocycles. The molecule has 0 radical (unpaired) electrons. The molecule has 2 heterocycles. The maximum atomic E-state index is 7.01. The van der Waals surface area contributed by atoms with E-state index < -0.39 is 0 Å². The van der Waals surface area contributed by atoms with Crippen LogP contribution in [0.5, 0.6) is 0 Å². The molecular weight excluding hydrogens is 765 g/mol. The summed E-state index contributed by atoms with van der Waals surface area (Å²) in [5, 5.41) is 4.63. The van der Waals surface area contributed by atoms with Crippen LogP contribution in [0.15, 0.2) is 247 Å². The highest BCUT2D eigenvalue weighted by Crippen LogP contribution is 2.50. The van der Waals surface area contributed by atoms with Crippen molar-refractivity contribution < 1.29 is 4.42 Å². The molecule has 0 saturated heterocycles. The zero-order chi connectivity index (χ0) is 41.7. The number of nitrogens with zero attached hydrogens (tertiary/aromatic N) is 2. The lowest BCUT2D eigenvalue weighted by atomic mass is 9.94. The van der Waals surface area contributed by atoms with Gasteiger partial charge in [-0.3, -0.25) is 0 Å². The molecule has 0 amide bonds. The standard InChI is InChI=1S/C60H40N2O/c1-4-17-41(18-5-1)43-31-34-47(35-32-43)61(56-37-33-45(42-19-6-2-7-20-42)40-53(56)44-21-8-3-9-22-44)57-38-36-52-51-27-12-15-30-58(51)63-60(52)59(57)46-23-16-24-48(39-46)62-54-28-13-10-25-49(54)50-26-11-14-29-55(50)62/h1-40H. The summed E-state index contributed by atoms with van der Waals surface area (Å²) in [6.07, 6.45) is 0. The van der Waals surface area contributed by atoms with Crippen molar-refractivity contribution in [2.45, 2.75) is 0 Å². The van der Waals surface area contributed by atoms with Gasteiger partial charge in [-0.2, -0.15) is 0 Å². The molecule has 0 fully saturated rings. The zero-order valence-corrected chi connectivity index (χ0v) is 34.4. The summed E-state index contributed by atoms with van der Waals surface area (Å²) in [5.74, 6) is 0. The van der Waals surface area contributed by atoms with Crippen LogP contribution in [0.3, 0.4) is 0 Å². The van der Waals surface area contributed by atoms with Crippen LogP contribution in [0.1, 0.15) is 0 Å². The van der Waals surface area contributed by atoms with Gasteiger partial charge in [0, 0.05) is 44.0 Å². The van der Waals surface area contributed by atoms with Gasteiger partial charge >= 0.3 is 0 Å². The minimum absolute atomic E-state index is 0.848. The van der Waals surface area contributed by atoms with Crippen LogP contribution in [-0.4, -0.2) is 4.57 Å². The summed E-state index contributed by atoms with van der Waals surface area (Å²) in [6.45, 7) is 0. The maximum absolute atomic E-state index is 7.01. The van der Waals surface area contributed by atoms with Gasteiger partial charge in [-0.15, -0.1) is 0 Å². The molecule has 12 aromatic rings. The third kappa shape index (κ3) is 6.29. The monoisotopic (exact) mass is 804 g/mol. The van der Waals surface area contributed by atoms with E-state index in [0.29, 0.717) is 0 Å². The van der Waals surface area contributed by atoms with Crippen LogP contribution in [0.2, 0.25) is 0 Å². The molecule has 0 aliphatic carbocycles. The van der Waals surface area contributed by atoms with Gasteiger partial charge < -0.3 is 13.9 Å². The Hall–Kier alpha value is -8.40. The quantitative estimate of drug-likeness (QED) is 0.153. The van der Waals surface area contributed by atoms with Crippen LogP contribution in [0.4, 0.5) is 17.1 Å². The summed E-state index contributed by atoms with van der Waals surface area (Å²) < 4.78 is 9.40. The van der Waals surface area contributed by atoms with Crippen molar-refractivity contribution in [1.82, 2.24) is 4.57 Å². The van der Waals surface area contributed by atoms with Gasteiger partial charge in [0.25, 0.3) is 0 Å². The Morgan fingerprint density at radius 1 is 0.333 bits per heavy atom. The number of anilines is 3. The number of furan rings is 1. The lowest BCUT2D eigenvalue weighted by Crippen LogP contribution is -2.13. The van der Waals surface area contributed by atoms with Gasteiger partial charge in [-0.1, -0.05) is 176 Å². The molecule has 3 nitrogen and oxygen atoms in total. The molecule has 0 aliphatic rings. The second-order valence-electron chi connectivity index (χ2n) is 16.1. The third-order valence-electron chi connectivity index (χ3n) is 12.4. The van der Waals surface area contributed by atoms with E-state index in [4.69, 9.17) is 4.42 Å². The Morgan fingerprint density at radius 3 is 1.54 bits per heavy atom. The number of rotatable bonds is 8. The molecule has 63 heavy (non-hydrogen) atoms. The second-order valence-corrected chi connectivity index (χ2v) is 16.1. The smallest absolute Gasteiger partial charge is 0.145 e. The molecule has 0 bridgehead atoms. The van der Waals surface area contributed by atoms with E-state index in [0.717, 1.165) is 78.1 Å². The minimum atomic E-state index is 0.848. The minimum Gasteiger partial charge on any atom is -0.455 e. The van der Waals surface area contributed by atoms with Crippen molar-refractivity contribution in [2.24, 2.45) is 0 Å². The summed E-state index contributed by atoms with van der Waals surface area (Å²) in [5.41, 5.74) is 17.2. The highest BCUT2D eigenvalue weighted by molar-refractivity contribution is 6.14. The maximum Gasteiger partial charge on any atom is 0.145 e. The molecule has 0 atom stereocenters. The van der Waals surface area contributed by atoms with Gasteiger partial charge in [-0.25, -0.2) is 0 Å². The Labute approximate surface area is 366 Å². The number of para-hydroxylation sites is 3. The number of fused-ring (bicyclic) bond motifs is 6. The van der Waals surface area contributed by atoms with Crippen molar-refractivity contribution >= 4 is 60.8 Å². The molecule has 2 aromatic heterocycles. The molecule has 12 rings (SSSR count). The fourth-order valence-electron chi connectivity index (χ4n) is 9.48. The summed E-state index contributed by atoms with van der Waals surface area (Å²) in [7, 11) is 0. The number of aromatic nitrogens is 1. The van der Waals surface area contributed by atoms with E-state index in [1.54, 1.807) is 0 Å². The van der Waals surface area contributed by atoms with E-state index in [9.17, 15) is 0 Å². The fraction of sp³-hybridized carbons (Fsp3) is 0. The zero-order valence-electron chi connectivity index (χ0n) is 34.4. The third-order valence-corrected chi connectivity index (χ3v) is 12.4. The van der Waals surface area contributed by atoms with E-state index >= 15 is 0 Å². The Balaban J connectivity index is 1.15. The average Bonchev–Trinajstić information content (AvgIpc) is 3.91. The number of benzene rings is 10. The predicted molar refractivity (Wildman–Crippen MR) is 264 cm³/mol. The average molecular weight is 805 g/mol. The normalized spacial score (nSPS) is 11.5. The van der Waals surface area contributed by atoms with Crippen molar-refractivity contribution in [3.8, 4) is 50.2 Å². The Kier molecular flexibility index (Phi) is 8.83. The van der Waals surface area contributed by atoms with Crippen LogP contribution in [-0.2, 0) is 0 Å². The summed E-state index contributed by atoms with van der Waals surface area (Å²) in [6, 6.07) is 87.1. The van der Waals surface area contributed by atoms with E-state index in [1.807, 2.05) is 0 Å². The molecule has 0 N–H and O–H groups in total. The van der Waals surface area contributed by atoms with Crippen molar-refractivity contribution in [2.75, 3.05) is 4.90 Å². The molecule has 0 spiro atoms. The Bertz CT molecular complexity index is 3550. The lowest BCUT2D eigenvalue weighted by Gasteiger charge is -2.30. The SMILES string of the molecule is c1ccc(-c2ccc(N(c3ccc(-c4ccccc4)cc3-c3ccccc3)c3ccc4c(oc5ccccc54)c3-c3cccc(-n4c5ccccc5c5ccccc54)c3)cc2)cc1. The predicted octanol–water partition coefficient (Wildman–Crippen LogP) is 16.8. The molecule has 0 aliphatic heterocycles. The first-order chi connectivity index (χ1) is 31.3. The fourth-order valence-corrected chi connectivity index (χ4v) is 9.48. The number of hydrogen-bond donors (Lipinski definition) is 0. The summed E-state index contributed by atoms with van der Waals surface area (Å²) >= 11 is 0. The van der Waals surface area contributed by atoms with Crippen molar-refractivity contribution in [1.29, 1.82) is 0 Å². The highest BCUT2D eigenvalue weighted by Gasteiger charge is 2.26. The molecule has 10 aromatic carbocycles. The topological polar surface area (TPSA) is 21.3 Å². The van der Waals surface area contributed by atoms with Gasteiger partial charge in [0.2, 0.25) is 0 Å². The largest absolute Gasteiger partial charge is 0.455 e. The molecule has 0 unspecified atom stereocenters. The molecular formula is C60H40N2O. The van der Waals surface area contributed by atoms with E-state index in [1.165, 1.54) is 32.9 Å². The van der Waals surface area contributed by atoms with Crippen molar-refractivity contribution in [3.63, 3.8) is 0 Å². The summed E-state index contributed by atoms with van der Waals surface area (Å²) in [4.78, 5) is 2.43. The Morgan fingerprint density at radius 2 is 0.857 bits per heavy atom. The molecule has 296 valence electrons. The first-order valence-corrected chi connectivity index (χ1v) is 21.5. The van der Waals surface area contributed by atoms with Gasteiger partial charge in [0.05, 0.1) is 22.4 Å². The van der Waals surface area contributed by atoms with Crippen LogP contribution >= 0.6 is 0 Å². The van der Waals surface area contributed by atoms with Crippen molar-refractivity contribution in [3.05, 3.63) is 243 Å². The first kappa shape index (κ1) is 36.5.